The van der Waals surface area contributed by atoms with Crippen LogP contribution in [0.15, 0.2) is 28.7 Å². The van der Waals surface area contributed by atoms with Gasteiger partial charge in [-0.1, -0.05) is 15.9 Å². The van der Waals surface area contributed by atoms with Crippen molar-refractivity contribution in [1.82, 2.24) is 5.32 Å². The highest BCUT2D eigenvalue weighted by atomic mass is 79.9. The fourth-order valence-electron chi connectivity index (χ4n) is 2.26. The molecule has 4 heteroatoms. The van der Waals surface area contributed by atoms with E-state index in [0.717, 1.165) is 30.4 Å². The number of carbonyl (C=O) groups excluding carboxylic acids is 1. The molecule has 0 bridgehead atoms. The molecule has 1 heterocycles. The highest BCUT2D eigenvalue weighted by molar-refractivity contribution is 9.10. The molecule has 1 aliphatic heterocycles. The topological polar surface area (TPSA) is 32.3 Å². The van der Waals surface area contributed by atoms with Gasteiger partial charge in [0.15, 0.2) is 0 Å². The molecule has 2 rings (SSSR count). The first-order chi connectivity index (χ1) is 8.20. The maximum Gasteiger partial charge on any atom is 0.222 e. The first-order valence-corrected chi connectivity index (χ1v) is 6.72. The summed E-state index contributed by atoms with van der Waals surface area (Å²) in [6.07, 6.45) is 1.88. The highest BCUT2D eigenvalue weighted by Crippen LogP contribution is 2.24. The Hall–Kier alpha value is -1.03. The fourth-order valence-corrected chi connectivity index (χ4v) is 2.52. The summed E-state index contributed by atoms with van der Waals surface area (Å²) in [7, 11) is 1.71. The Bertz CT molecular complexity index is 383. The molecule has 17 heavy (non-hydrogen) atoms. The molecule has 1 saturated heterocycles. The molecule has 1 fully saturated rings. The van der Waals surface area contributed by atoms with Crippen LogP contribution in [0.5, 0.6) is 0 Å². The zero-order valence-corrected chi connectivity index (χ0v) is 11.5. The minimum atomic E-state index is 0.181. The second kappa shape index (κ2) is 5.54. The number of benzene rings is 1. The van der Waals surface area contributed by atoms with Gasteiger partial charge >= 0.3 is 0 Å². The quantitative estimate of drug-likeness (QED) is 0.909. The van der Waals surface area contributed by atoms with E-state index >= 15 is 0 Å². The SMILES string of the molecule is CNC(=O)C1CCN(c2ccc(Br)cc2)CC1. The van der Waals surface area contributed by atoms with E-state index in [9.17, 15) is 4.79 Å². The van der Waals surface area contributed by atoms with Crippen molar-refractivity contribution in [2.45, 2.75) is 12.8 Å². The number of carbonyl (C=O) groups is 1. The van der Waals surface area contributed by atoms with Crippen LogP contribution in [0.4, 0.5) is 5.69 Å². The van der Waals surface area contributed by atoms with Crippen molar-refractivity contribution < 1.29 is 4.79 Å². The Balaban J connectivity index is 1.95. The second-order valence-corrected chi connectivity index (χ2v) is 5.27. The summed E-state index contributed by atoms with van der Waals surface area (Å²) >= 11 is 3.44. The molecule has 1 aromatic carbocycles. The number of amides is 1. The van der Waals surface area contributed by atoms with Gasteiger partial charge in [0, 0.05) is 36.2 Å². The molecule has 0 aliphatic carbocycles. The van der Waals surface area contributed by atoms with E-state index in [1.807, 2.05) is 0 Å². The Labute approximate surface area is 110 Å². The zero-order chi connectivity index (χ0) is 12.3. The van der Waals surface area contributed by atoms with E-state index < -0.39 is 0 Å². The van der Waals surface area contributed by atoms with Crippen molar-refractivity contribution in [1.29, 1.82) is 0 Å². The van der Waals surface area contributed by atoms with Gasteiger partial charge in [0.1, 0.15) is 0 Å². The molecule has 3 nitrogen and oxygen atoms in total. The third-order valence-corrected chi connectivity index (χ3v) is 3.83. The van der Waals surface area contributed by atoms with Gasteiger partial charge < -0.3 is 10.2 Å². The minimum Gasteiger partial charge on any atom is -0.371 e. The summed E-state index contributed by atoms with van der Waals surface area (Å²) in [6.45, 7) is 1.92. The number of hydrogen-bond acceptors (Lipinski definition) is 2. The van der Waals surface area contributed by atoms with Crippen LogP contribution >= 0.6 is 15.9 Å². The number of nitrogens with one attached hydrogen (secondary N) is 1. The molecule has 1 N–H and O–H groups in total. The van der Waals surface area contributed by atoms with Gasteiger partial charge in [-0.3, -0.25) is 4.79 Å². The zero-order valence-electron chi connectivity index (χ0n) is 9.95. The molecule has 1 aromatic rings. The largest absolute Gasteiger partial charge is 0.371 e. The minimum absolute atomic E-state index is 0.181. The number of nitrogens with zero attached hydrogens (tertiary/aromatic N) is 1. The smallest absolute Gasteiger partial charge is 0.222 e. The lowest BCUT2D eigenvalue weighted by Crippen LogP contribution is -2.39. The number of anilines is 1. The first-order valence-electron chi connectivity index (χ1n) is 5.93. The molecule has 1 amide bonds. The van der Waals surface area contributed by atoms with E-state index in [0.29, 0.717) is 0 Å². The maximum absolute atomic E-state index is 11.5. The van der Waals surface area contributed by atoms with Crippen molar-refractivity contribution in [3.63, 3.8) is 0 Å². The van der Waals surface area contributed by atoms with Crippen LogP contribution in [0, 0.1) is 5.92 Å². The Morgan fingerprint density at radius 2 is 1.88 bits per heavy atom. The summed E-state index contributed by atoms with van der Waals surface area (Å²) in [6, 6.07) is 8.34. The lowest BCUT2D eigenvalue weighted by molar-refractivity contribution is -0.125. The van der Waals surface area contributed by atoms with Gasteiger partial charge in [-0.25, -0.2) is 0 Å². The lowest BCUT2D eigenvalue weighted by atomic mass is 9.95. The van der Waals surface area contributed by atoms with Gasteiger partial charge in [-0.15, -0.1) is 0 Å². The molecule has 0 aromatic heterocycles. The third-order valence-electron chi connectivity index (χ3n) is 3.30. The van der Waals surface area contributed by atoms with Crippen molar-refractivity contribution in [2.24, 2.45) is 5.92 Å². The van der Waals surface area contributed by atoms with Crippen LogP contribution in [-0.2, 0) is 4.79 Å². The lowest BCUT2D eigenvalue weighted by Gasteiger charge is -2.32. The molecule has 92 valence electrons. The van der Waals surface area contributed by atoms with Crippen LogP contribution in [0.1, 0.15) is 12.8 Å². The fraction of sp³-hybridized carbons (Fsp3) is 0.462. The average Bonchev–Trinajstić information content (AvgIpc) is 2.39. The molecular formula is C13H17BrN2O. The standard InChI is InChI=1S/C13H17BrN2O/c1-15-13(17)10-6-8-16(9-7-10)12-4-2-11(14)3-5-12/h2-5,10H,6-9H2,1H3,(H,15,17). The maximum atomic E-state index is 11.5. The average molecular weight is 297 g/mol. The van der Waals surface area contributed by atoms with Crippen molar-refractivity contribution in [3.8, 4) is 0 Å². The van der Waals surface area contributed by atoms with Crippen molar-refractivity contribution in [3.05, 3.63) is 28.7 Å². The number of rotatable bonds is 2. The summed E-state index contributed by atoms with van der Waals surface area (Å²) in [5.41, 5.74) is 1.24. The monoisotopic (exact) mass is 296 g/mol. The van der Waals surface area contributed by atoms with Crippen LogP contribution < -0.4 is 10.2 Å². The molecule has 0 unspecified atom stereocenters. The van der Waals surface area contributed by atoms with E-state index in [1.54, 1.807) is 7.05 Å². The summed E-state index contributed by atoms with van der Waals surface area (Å²) in [5.74, 6) is 0.368. The number of hydrogen-bond donors (Lipinski definition) is 1. The molecule has 1 aliphatic rings. The van der Waals surface area contributed by atoms with Gasteiger partial charge in [-0.05, 0) is 37.1 Å². The van der Waals surface area contributed by atoms with Gasteiger partial charge in [0.25, 0.3) is 0 Å². The van der Waals surface area contributed by atoms with Crippen LogP contribution in [-0.4, -0.2) is 26.0 Å². The summed E-state index contributed by atoms with van der Waals surface area (Å²) in [4.78, 5) is 13.9. The highest BCUT2D eigenvalue weighted by Gasteiger charge is 2.24. The molecule has 0 spiro atoms. The van der Waals surface area contributed by atoms with E-state index in [-0.39, 0.29) is 11.8 Å². The van der Waals surface area contributed by atoms with Crippen LogP contribution in [0.2, 0.25) is 0 Å². The summed E-state index contributed by atoms with van der Waals surface area (Å²) in [5, 5.41) is 2.73. The van der Waals surface area contributed by atoms with Crippen LogP contribution in [0.3, 0.4) is 0 Å². The molecular weight excluding hydrogens is 280 g/mol. The molecule has 0 radical (unpaired) electrons. The predicted molar refractivity (Wildman–Crippen MR) is 73.1 cm³/mol. The Morgan fingerprint density at radius 1 is 1.29 bits per heavy atom. The third kappa shape index (κ3) is 3.00. The van der Waals surface area contributed by atoms with E-state index in [1.165, 1.54) is 5.69 Å². The first kappa shape index (κ1) is 12.4. The van der Waals surface area contributed by atoms with E-state index in [4.69, 9.17) is 0 Å². The summed E-state index contributed by atoms with van der Waals surface area (Å²) < 4.78 is 1.10. The van der Waals surface area contributed by atoms with E-state index in [2.05, 4.69) is 50.4 Å². The number of piperidine rings is 1. The molecule has 0 saturated carbocycles. The van der Waals surface area contributed by atoms with Gasteiger partial charge in [-0.2, -0.15) is 0 Å². The second-order valence-electron chi connectivity index (χ2n) is 4.35. The Morgan fingerprint density at radius 3 is 2.41 bits per heavy atom. The predicted octanol–water partition coefficient (Wildman–Crippen LogP) is 2.41. The number of halogens is 1. The van der Waals surface area contributed by atoms with Crippen molar-refractivity contribution >= 4 is 27.5 Å². The molecule has 0 atom stereocenters. The van der Waals surface area contributed by atoms with Gasteiger partial charge in [0.05, 0.1) is 0 Å². The van der Waals surface area contributed by atoms with Crippen molar-refractivity contribution in [2.75, 3.05) is 25.0 Å². The van der Waals surface area contributed by atoms with Gasteiger partial charge in [0.2, 0.25) is 5.91 Å². The Kier molecular flexibility index (Phi) is 4.05. The van der Waals surface area contributed by atoms with Crippen LogP contribution in [0.25, 0.3) is 0 Å². The normalized spacial score (nSPS) is 16.9.